The number of hydrogen-bond acceptors (Lipinski definition) is 2. The van der Waals surface area contributed by atoms with Crippen molar-refractivity contribution in [2.24, 2.45) is 7.05 Å². The summed E-state index contributed by atoms with van der Waals surface area (Å²) in [6.45, 7) is 5.84. The second kappa shape index (κ2) is 8.43. The number of nitrogens with zero attached hydrogens (tertiary/aromatic N) is 1. The largest absolute Gasteiger partial charge is 0.346 e. The third kappa shape index (κ3) is 4.17. The standard InChI is InChI=1S/C19H17FN2O2.C2H6/c1-12(13-3-6-16(20)7-4-13)21-18(23)15-5-8-17-14(11-15)9-10-22(2)19(17)24;1-2/h3-12H,1-2H3,(H,21,23);1-2H3. The van der Waals surface area contributed by atoms with Crippen LogP contribution in [0.3, 0.4) is 0 Å². The molecule has 0 bridgehead atoms. The van der Waals surface area contributed by atoms with E-state index in [0.717, 1.165) is 10.9 Å². The molecule has 0 aliphatic carbocycles. The molecule has 0 aliphatic heterocycles. The van der Waals surface area contributed by atoms with Gasteiger partial charge in [0.25, 0.3) is 11.5 Å². The third-order valence-electron chi connectivity index (χ3n) is 4.06. The van der Waals surface area contributed by atoms with Crippen molar-refractivity contribution >= 4 is 16.7 Å². The lowest BCUT2D eigenvalue weighted by atomic mass is 10.1. The summed E-state index contributed by atoms with van der Waals surface area (Å²) in [5, 5.41) is 4.17. The van der Waals surface area contributed by atoms with E-state index in [2.05, 4.69) is 5.32 Å². The molecule has 26 heavy (non-hydrogen) atoms. The number of carbonyl (C=O) groups is 1. The molecular formula is C21H23FN2O2. The molecule has 1 aromatic heterocycles. The molecule has 0 saturated heterocycles. The van der Waals surface area contributed by atoms with Crippen LogP contribution in [0.1, 0.15) is 42.7 Å². The molecule has 1 N–H and O–H groups in total. The predicted molar refractivity (Wildman–Crippen MR) is 103 cm³/mol. The van der Waals surface area contributed by atoms with Gasteiger partial charge in [0.1, 0.15) is 5.82 Å². The van der Waals surface area contributed by atoms with E-state index in [-0.39, 0.29) is 23.3 Å². The predicted octanol–water partition coefficient (Wildman–Crippen LogP) is 4.19. The maximum absolute atomic E-state index is 13.0. The highest BCUT2D eigenvalue weighted by molar-refractivity contribution is 5.98. The fourth-order valence-electron chi connectivity index (χ4n) is 2.60. The zero-order valence-electron chi connectivity index (χ0n) is 15.4. The van der Waals surface area contributed by atoms with Gasteiger partial charge in [-0.15, -0.1) is 0 Å². The Labute approximate surface area is 152 Å². The minimum absolute atomic E-state index is 0.0980. The minimum atomic E-state index is -0.312. The van der Waals surface area contributed by atoms with Gasteiger partial charge in [0.15, 0.2) is 0 Å². The van der Waals surface area contributed by atoms with E-state index in [1.54, 1.807) is 49.6 Å². The Balaban J connectivity index is 0.00000117. The van der Waals surface area contributed by atoms with Crippen molar-refractivity contribution in [2.45, 2.75) is 26.8 Å². The summed E-state index contributed by atoms with van der Waals surface area (Å²) in [6.07, 6.45) is 1.67. The van der Waals surface area contributed by atoms with E-state index >= 15 is 0 Å². The molecule has 136 valence electrons. The molecule has 1 atom stereocenters. The number of aromatic nitrogens is 1. The van der Waals surface area contributed by atoms with Crippen LogP contribution in [0.4, 0.5) is 4.39 Å². The summed E-state index contributed by atoms with van der Waals surface area (Å²) in [5.41, 5.74) is 1.20. The molecule has 5 heteroatoms. The summed E-state index contributed by atoms with van der Waals surface area (Å²) in [7, 11) is 1.69. The van der Waals surface area contributed by atoms with Crippen LogP contribution < -0.4 is 10.9 Å². The van der Waals surface area contributed by atoms with Crippen LogP contribution >= 0.6 is 0 Å². The SMILES string of the molecule is CC.CC(NC(=O)c1ccc2c(=O)n(C)ccc2c1)c1ccc(F)cc1. The average molecular weight is 354 g/mol. The quantitative estimate of drug-likeness (QED) is 0.766. The third-order valence-corrected chi connectivity index (χ3v) is 4.06. The van der Waals surface area contributed by atoms with Crippen LogP contribution in [0.5, 0.6) is 0 Å². The van der Waals surface area contributed by atoms with Gasteiger partial charge in [0, 0.05) is 24.2 Å². The first-order valence-electron chi connectivity index (χ1n) is 8.61. The minimum Gasteiger partial charge on any atom is -0.346 e. The molecule has 0 fully saturated rings. The molecule has 0 spiro atoms. The number of aryl methyl sites for hydroxylation is 1. The molecule has 1 heterocycles. The Morgan fingerprint density at radius 2 is 1.73 bits per heavy atom. The Morgan fingerprint density at radius 1 is 1.08 bits per heavy atom. The topological polar surface area (TPSA) is 51.1 Å². The van der Waals surface area contributed by atoms with Gasteiger partial charge < -0.3 is 9.88 Å². The van der Waals surface area contributed by atoms with E-state index in [0.29, 0.717) is 10.9 Å². The lowest BCUT2D eigenvalue weighted by molar-refractivity contribution is 0.0940. The number of halogens is 1. The first-order chi connectivity index (χ1) is 12.5. The highest BCUT2D eigenvalue weighted by Crippen LogP contribution is 2.16. The highest BCUT2D eigenvalue weighted by Gasteiger charge is 2.12. The normalized spacial score (nSPS) is 11.4. The molecule has 1 unspecified atom stereocenters. The highest BCUT2D eigenvalue weighted by atomic mass is 19.1. The summed E-state index contributed by atoms with van der Waals surface area (Å²) in [5.74, 6) is -0.553. The maximum atomic E-state index is 13.0. The zero-order valence-corrected chi connectivity index (χ0v) is 15.4. The Bertz CT molecular complexity index is 962. The molecule has 3 rings (SSSR count). The van der Waals surface area contributed by atoms with Crippen LogP contribution in [-0.4, -0.2) is 10.5 Å². The number of amides is 1. The van der Waals surface area contributed by atoms with E-state index in [1.165, 1.54) is 16.7 Å². The van der Waals surface area contributed by atoms with Crippen molar-refractivity contribution in [1.29, 1.82) is 0 Å². The van der Waals surface area contributed by atoms with E-state index < -0.39 is 0 Å². The van der Waals surface area contributed by atoms with Crippen molar-refractivity contribution in [3.63, 3.8) is 0 Å². The van der Waals surface area contributed by atoms with Crippen molar-refractivity contribution in [1.82, 2.24) is 9.88 Å². The van der Waals surface area contributed by atoms with Gasteiger partial charge in [-0.2, -0.15) is 0 Å². The monoisotopic (exact) mass is 354 g/mol. The van der Waals surface area contributed by atoms with Crippen LogP contribution in [-0.2, 0) is 7.05 Å². The fraction of sp³-hybridized carbons (Fsp3) is 0.238. The molecule has 0 saturated carbocycles. The Hall–Kier alpha value is -2.95. The van der Waals surface area contributed by atoms with Gasteiger partial charge in [-0.25, -0.2) is 4.39 Å². The van der Waals surface area contributed by atoms with Gasteiger partial charge >= 0.3 is 0 Å². The van der Waals surface area contributed by atoms with Gasteiger partial charge in [-0.3, -0.25) is 9.59 Å². The number of fused-ring (bicyclic) bond motifs is 1. The van der Waals surface area contributed by atoms with Crippen LogP contribution in [0.25, 0.3) is 10.8 Å². The van der Waals surface area contributed by atoms with Crippen LogP contribution in [0.15, 0.2) is 59.5 Å². The van der Waals surface area contributed by atoms with Crippen molar-refractivity contribution < 1.29 is 9.18 Å². The van der Waals surface area contributed by atoms with E-state index in [4.69, 9.17) is 0 Å². The number of carbonyl (C=O) groups excluding carboxylic acids is 1. The number of pyridine rings is 1. The Morgan fingerprint density at radius 3 is 2.38 bits per heavy atom. The summed E-state index contributed by atoms with van der Waals surface area (Å²) < 4.78 is 14.5. The Kier molecular flexibility index (Phi) is 6.28. The number of rotatable bonds is 3. The van der Waals surface area contributed by atoms with Crippen LogP contribution in [0.2, 0.25) is 0 Å². The number of hydrogen-bond donors (Lipinski definition) is 1. The fourth-order valence-corrected chi connectivity index (χ4v) is 2.60. The van der Waals surface area contributed by atoms with E-state index in [1.807, 2.05) is 20.8 Å². The lowest BCUT2D eigenvalue weighted by Crippen LogP contribution is -2.26. The van der Waals surface area contributed by atoms with Crippen molar-refractivity contribution in [3.05, 3.63) is 82.0 Å². The molecule has 0 radical (unpaired) electrons. The van der Waals surface area contributed by atoms with Gasteiger partial charge in [-0.1, -0.05) is 26.0 Å². The number of benzene rings is 2. The maximum Gasteiger partial charge on any atom is 0.258 e. The molecule has 0 aliphatic rings. The number of nitrogens with one attached hydrogen (secondary N) is 1. The van der Waals surface area contributed by atoms with Gasteiger partial charge in [-0.05, 0) is 54.3 Å². The van der Waals surface area contributed by atoms with E-state index in [9.17, 15) is 14.0 Å². The lowest BCUT2D eigenvalue weighted by Gasteiger charge is -2.14. The molecular weight excluding hydrogens is 331 g/mol. The van der Waals surface area contributed by atoms with Crippen LogP contribution in [0, 0.1) is 5.82 Å². The van der Waals surface area contributed by atoms with Crippen molar-refractivity contribution in [3.8, 4) is 0 Å². The summed E-state index contributed by atoms with van der Waals surface area (Å²) >= 11 is 0. The first kappa shape index (κ1) is 19.4. The summed E-state index contributed by atoms with van der Waals surface area (Å²) in [4.78, 5) is 24.5. The summed E-state index contributed by atoms with van der Waals surface area (Å²) in [6, 6.07) is 12.6. The van der Waals surface area contributed by atoms with Gasteiger partial charge in [0.05, 0.1) is 6.04 Å². The molecule has 2 aromatic carbocycles. The molecule has 4 nitrogen and oxygen atoms in total. The average Bonchev–Trinajstić information content (AvgIpc) is 2.66. The van der Waals surface area contributed by atoms with Crippen molar-refractivity contribution in [2.75, 3.05) is 0 Å². The zero-order chi connectivity index (χ0) is 19.3. The molecule has 1 amide bonds. The second-order valence-electron chi connectivity index (χ2n) is 5.78. The smallest absolute Gasteiger partial charge is 0.258 e. The first-order valence-corrected chi connectivity index (χ1v) is 8.61. The van der Waals surface area contributed by atoms with Gasteiger partial charge in [0.2, 0.25) is 0 Å². The molecule has 3 aromatic rings. The second-order valence-corrected chi connectivity index (χ2v) is 5.78.